The third kappa shape index (κ3) is 14.7. The number of phosphoric ester groups is 1. The summed E-state index contributed by atoms with van der Waals surface area (Å²) in [5.41, 5.74) is 0. The largest absolute Gasteiger partial charge is 0.756 e. The van der Waals surface area contributed by atoms with E-state index in [9.17, 15) is 14.6 Å². The summed E-state index contributed by atoms with van der Waals surface area (Å²) in [7, 11) is 1.43. The van der Waals surface area contributed by atoms with Crippen LogP contribution in [0.5, 0.6) is 0 Å². The quantitative estimate of drug-likeness (QED) is 0.305. The molecule has 0 heterocycles. The Morgan fingerprint density at radius 2 is 1.81 bits per heavy atom. The van der Waals surface area contributed by atoms with Crippen molar-refractivity contribution in [1.29, 1.82) is 0 Å². The van der Waals surface area contributed by atoms with Gasteiger partial charge in [0.25, 0.3) is 7.82 Å². The lowest BCUT2D eigenvalue weighted by atomic mass is 10.3. The van der Waals surface area contributed by atoms with Crippen molar-refractivity contribution in [3.63, 3.8) is 0 Å². The molecule has 0 aromatic carbocycles. The number of rotatable bonds is 13. The van der Waals surface area contributed by atoms with Gasteiger partial charge in [0, 0.05) is 6.61 Å². The van der Waals surface area contributed by atoms with Gasteiger partial charge in [-0.2, -0.15) is 0 Å². The van der Waals surface area contributed by atoms with E-state index < -0.39 is 13.9 Å². The second kappa shape index (κ2) is 10.7. The lowest BCUT2D eigenvalue weighted by Gasteiger charge is -2.27. The molecule has 0 amide bonds. The van der Waals surface area contributed by atoms with E-state index in [4.69, 9.17) is 9.26 Å². The van der Waals surface area contributed by atoms with Crippen LogP contribution in [0.1, 0.15) is 26.2 Å². The molecule has 0 radical (unpaired) electrons. The van der Waals surface area contributed by atoms with Gasteiger partial charge in [-0.1, -0.05) is 19.8 Å². The van der Waals surface area contributed by atoms with Crippen molar-refractivity contribution in [3.8, 4) is 0 Å². The molecule has 2 unspecified atom stereocenters. The SMILES string of the molecule is CCCCCOCC(O)COP(=O)([O-])OCC[N+](C)(C)C. The number of hydrogen-bond acceptors (Lipinski definition) is 6. The highest BCUT2D eigenvalue weighted by atomic mass is 31.2. The average molecular weight is 327 g/mol. The third-order valence-corrected chi connectivity index (χ3v) is 3.60. The smallest absolute Gasteiger partial charge is 0.268 e. The van der Waals surface area contributed by atoms with Crippen LogP contribution in [0.25, 0.3) is 0 Å². The van der Waals surface area contributed by atoms with E-state index in [1.54, 1.807) is 0 Å². The summed E-state index contributed by atoms with van der Waals surface area (Å²) in [5, 5.41) is 9.56. The summed E-state index contributed by atoms with van der Waals surface area (Å²) in [4.78, 5) is 11.5. The molecule has 0 spiro atoms. The Bertz CT molecular complexity index is 308. The monoisotopic (exact) mass is 327 g/mol. The molecule has 0 saturated heterocycles. The zero-order chi connectivity index (χ0) is 16.4. The van der Waals surface area contributed by atoms with Crippen molar-refractivity contribution in [2.75, 3.05) is 54.1 Å². The first-order valence-electron chi connectivity index (χ1n) is 7.32. The van der Waals surface area contributed by atoms with Crippen molar-refractivity contribution < 1.29 is 32.8 Å². The Labute approximate surface area is 128 Å². The number of nitrogens with zero attached hydrogens (tertiary/aromatic N) is 1. The highest BCUT2D eigenvalue weighted by molar-refractivity contribution is 7.45. The number of quaternary nitrogens is 1. The lowest BCUT2D eigenvalue weighted by molar-refractivity contribution is -0.870. The first-order chi connectivity index (χ1) is 9.66. The topological polar surface area (TPSA) is 88.0 Å². The fraction of sp³-hybridized carbons (Fsp3) is 1.00. The molecule has 8 heteroatoms. The summed E-state index contributed by atoms with van der Waals surface area (Å²) < 4.78 is 26.6. The average Bonchev–Trinajstić information content (AvgIpc) is 2.34. The minimum Gasteiger partial charge on any atom is -0.756 e. The zero-order valence-electron chi connectivity index (χ0n) is 13.6. The summed E-state index contributed by atoms with van der Waals surface area (Å²) in [6.07, 6.45) is 2.12. The Morgan fingerprint density at radius 1 is 1.14 bits per heavy atom. The fourth-order valence-corrected chi connectivity index (χ4v) is 2.10. The van der Waals surface area contributed by atoms with Crippen molar-refractivity contribution in [2.24, 2.45) is 0 Å². The minimum atomic E-state index is -4.36. The molecule has 0 fully saturated rings. The first kappa shape index (κ1) is 21.0. The van der Waals surface area contributed by atoms with E-state index in [2.05, 4.69) is 11.4 Å². The lowest BCUT2D eigenvalue weighted by Crippen LogP contribution is -2.37. The van der Waals surface area contributed by atoms with Crippen LogP contribution >= 0.6 is 7.82 Å². The van der Waals surface area contributed by atoms with Gasteiger partial charge in [-0.25, -0.2) is 0 Å². The zero-order valence-corrected chi connectivity index (χ0v) is 14.5. The van der Waals surface area contributed by atoms with Crippen LogP contribution in [0, 0.1) is 0 Å². The molecule has 0 aliphatic rings. The van der Waals surface area contributed by atoms with Gasteiger partial charge in [0.1, 0.15) is 19.3 Å². The van der Waals surface area contributed by atoms with Crippen molar-refractivity contribution >= 4 is 7.82 Å². The molecule has 0 aliphatic heterocycles. The summed E-state index contributed by atoms with van der Waals surface area (Å²) in [6.45, 7) is 2.95. The van der Waals surface area contributed by atoms with E-state index in [1.807, 2.05) is 21.1 Å². The number of likely N-dealkylation sites (N-methyl/N-ethyl adjacent to an activating group) is 1. The first-order valence-corrected chi connectivity index (χ1v) is 8.79. The molecule has 2 atom stereocenters. The molecular weight excluding hydrogens is 297 g/mol. The van der Waals surface area contributed by atoms with E-state index in [1.165, 1.54) is 0 Å². The van der Waals surface area contributed by atoms with Crippen molar-refractivity contribution in [1.82, 2.24) is 0 Å². The minimum absolute atomic E-state index is 0.0495. The van der Waals surface area contributed by atoms with Crippen LogP contribution < -0.4 is 4.89 Å². The molecule has 0 aliphatic carbocycles. The van der Waals surface area contributed by atoms with Crippen molar-refractivity contribution in [3.05, 3.63) is 0 Å². The number of unbranched alkanes of at least 4 members (excludes halogenated alkanes) is 2. The molecule has 21 heavy (non-hydrogen) atoms. The molecule has 128 valence electrons. The van der Waals surface area contributed by atoms with E-state index in [0.717, 1.165) is 19.3 Å². The van der Waals surface area contributed by atoms with Gasteiger partial charge < -0.3 is 28.3 Å². The van der Waals surface area contributed by atoms with E-state index in [0.29, 0.717) is 17.6 Å². The van der Waals surface area contributed by atoms with Gasteiger partial charge in [-0.15, -0.1) is 0 Å². The number of aliphatic hydroxyl groups is 1. The number of aliphatic hydroxyl groups excluding tert-OH is 1. The fourth-order valence-electron chi connectivity index (χ4n) is 1.36. The van der Waals surface area contributed by atoms with Crippen LogP contribution in [0.2, 0.25) is 0 Å². The van der Waals surface area contributed by atoms with Gasteiger partial charge in [-0.3, -0.25) is 4.57 Å². The summed E-state index contributed by atoms with van der Waals surface area (Å²) in [6, 6.07) is 0. The van der Waals surface area contributed by atoms with Gasteiger partial charge in [-0.05, 0) is 6.42 Å². The van der Waals surface area contributed by atoms with Crippen LogP contribution in [-0.4, -0.2) is 69.8 Å². The van der Waals surface area contributed by atoms with Crippen LogP contribution in [0.15, 0.2) is 0 Å². The van der Waals surface area contributed by atoms with Gasteiger partial charge in [0.15, 0.2) is 0 Å². The molecule has 1 N–H and O–H groups in total. The maximum atomic E-state index is 11.5. The number of hydrogen-bond donors (Lipinski definition) is 1. The molecule has 0 bridgehead atoms. The van der Waals surface area contributed by atoms with Crippen molar-refractivity contribution in [2.45, 2.75) is 32.3 Å². The van der Waals surface area contributed by atoms with Gasteiger partial charge >= 0.3 is 0 Å². The predicted molar refractivity (Wildman–Crippen MR) is 78.8 cm³/mol. The number of phosphoric acid groups is 1. The Morgan fingerprint density at radius 3 is 2.38 bits per heavy atom. The maximum absolute atomic E-state index is 11.5. The Kier molecular flexibility index (Phi) is 10.7. The summed E-state index contributed by atoms with van der Waals surface area (Å²) in [5.74, 6) is 0. The predicted octanol–water partition coefficient (Wildman–Crippen LogP) is 0.762. The highest BCUT2D eigenvalue weighted by Crippen LogP contribution is 2.38. The van der Waals surface area contributed by atoms with Gasteiger partial charge in [0.05, 0.1) is 34.4 Å². The highest BCUT2D eigenvalue weighted by Gasteiger charge is 2.15. The second-order valence-electron chi connectivity index (χ2n) is 6.03. The molecule has 0 saturated carbocycles. The Hall–Kier alpha value is -0.0100. The molecule has 0 rings (SSSR count). The molecule has 0 aromatic rings. The van der Waals surface area contributed by atoms with E-state index in [-0.39, 0.29) is 19.8 Å². The molecule has 0 aromatic heterocycles. The summed E-state index contributed by atoms with van der Waals surface area (Å²) >= 11 is 0. The van der Waals surface area contributed by atoms with Gasteiger partial charge in [0.2, 0.25) is 0 Å². The standard InChI is InChI=1S/C13H30NO6P/c1-5-6-7-9-18-11-13(15)12-20-21(16,17)19-10-8-14(2,3)4/h13,15H,5-12H2,1-4H3. The Balaban J connectivity index is 3.73. The molecular formula is C13H30NO6P. The normalized spacial score (nSPS) is 16.7. The number of ether oxygens (including phenoxy) is 1. The molecule has 7 nitrogen and oxygen atoms in total. The van der Waals surface area contributed by atoms with Crippen LogP contribution in [0.3, 0.4) is 0 Å². The maximum Gasteiger partial charge on any atom is 0.268 e. The second-order valence-corrected chi connectivity index (χ2v) is 7.44. The third-order valence-electron chi connectivity index (χ3n) is 2.64. The van der Waals surface area contributed by atoms with Crippen LogP contribution in [0.4, 0.5) is 0 Å². The van der Waals surface area contributed by atoms with E-state index >= 15 is 0 Å². The van der Waals surface area contributed by atoms with Crippen LogP contribution in [-0.2, 0) is 18.3 Å².